The summed E-state index contributed by atoms with van der Waals surface area (Å²) >= 11 is 1.64. The van der Waals surface area contributed by atoms with Crippen molar-refractivity contribution in [3.8, 4) is 22.3 Å². The zero-order valence-corrected chi connectivity index (χ0v) is 24.9. The number of likely N-dealkylation sites (tertiary alicyclic amines) is 1. The third-order valence-corrected chi connectivity index (χ3v) is 8.73. The van der Waals surface area contributed by atoms with Crippen LogP contribution >= 0.6 is 11.3 Å². The molecule has 1 amide bonds. The monoisotopic (exact) mass is 570 g/mol. The van der Waals surface area contributed by atoms with Gasteiger partial charge in [-0.05, 0) is 82.2 Å². The van der Waals surface area contributed by atoms with Crippen LogP contribution in [0.1, 0.15) is 37.8 Å². The second kappa shape index (κ2) is 13.3. The van der Waals surface area contributed by atoms with Gasteiger partial charge in [0.2, 0.25) is 0 Å². The zero-order valence-electron chi connectivity index (χ0n) is 24.1. The summed E-state index contributed by atoms with van der Waals surface area (Å²) < 4.78 is 7.51. The van der Waals surface area contributed by atoms with Crippen LogP contribution in [0.4, 0.5) is 0 Å². The summed E-state index contributed by atoms with van der Waals surface area (Å²) in [4.78, 5) is 27.7. The summed E-state index contributed by atoms with van der Waals surface area (Å²) in [5, 5.41) is 10.7. The van der Waals surface area contributed by atoms with E-state index in [2.05, 4.69) is 81.3 Å². The molecule has 4 aromatic rings. The van der Waals surface area contributed by atoms with Gasteiger partial charge in [0, 0.05) is 69.7 Å². The molecule has 1 aliphatic rings. The Morgan fingerprint density at radius 2 is 1.88 bits per heavy atom. The molecule has 5 rings (SSSR count). The van der Waals surface area contributed by atoms with Gasteiger partial charge in [0.15, 0.2) is 0 Å². The molecule has 7 nitrogen and oxygen atoms in total. The van der Waals surface area contributed by atoms with E-state index in [9.17, 15) is 9.59 Å². The van der Waals surface area contributed by atoms with Gasteiger partial charge in [-0.2, -0.15) is 0 Å². The van der Waals surface area contributed by atoms with E-state index in [1.54, 1.807) is 11.3 Å². The lowest BCUT2D eigenvalue weighted by Crippen LogP contribution is -2.41. The van der Waals surface area contributed by atoms with Gasteiger partial charge >= 0.3 is 5.97 Å². The number of esters is 1. The Labute approximate surface area is 245 Å². The van der Waals surface area contributed by atoms with Crippen LogP contribution in [-0.2, 0) is 27.4 Å². The Hall–Kier alpha value is -3.64. The van der Waals surface area contributed by atoms with Crippen LogP contribution in [0.15, 0.2) is 47.8 Å². The number of ether oxygens (including phenoxy) is 1. The van der Waals surface area contributed by atoms with Crippen molar-refractivity contribution in [3.05, 3.63) is 59.0 Å². The number of aryl methyl sites for hydroxylation is 1. The molecular weight excluding hydrogens is 532 g/mol. The molecule has 1 fully saturated rings. The first-order valence-corrected chi connectivity index (χ1v) is 15.4. The molecule has 8 heteroatoms. The fraction of sp³-hybridized carbons (Fsp3) is 0.394. The number of benzene rings is 2. The number of thiophene rings is 1. The van der Waals surface area contributed by atoms with E-state index in [-0.39, 0.29) is 17.8 Å². The fourth-order valence-electron chi connectivity index (χ4n) is 5.66. The van der Waals surface area contributed by atoms with Gasteiger partial charge in [-0.15, -0.1) is 11.3 Å². The lowest BCUT2D eigenvalue weighted by atomic mass is 9.97. The summed E-state index contributed by atoms with van der Waals surface area (Å²) in [6.45, 7) is 9.16. The minimum Gasteiger partial charge on any atom is -0.466 e. The van der Waals surface area contributed by atoms with Crippen LogP contribution < -0.4 is 10.6 Å². The predicted octanol–water partition coefficient (Wildman–Crippen LogP) is 5.01. The van der Waals surface area contributed by atoms with Crippen molar-refractivity contribution < 1.29 is 14.3 Å². The molecule has 1 saturated heterocycles. The lowest BCUT2D eigenvalue weighted by Gasteiger charge is -2.30. The molecule has 214 valence electrons. The molecule has 0 aliphatic carbocycles. The van der Waals surface area contributed by atoms with E-state index < -0.39 is 0 Å². The quantitative estimate of drug-likeness (QED) is 0.219. The Kier molecular flexibility index (Phi) is 9.40. The van der Waals surface area contributed by atoms with Gasteiger partial charge in [-0.3, -0.25) is 9.59 Å². The SMILES string of the molecule is CCOC(=O)C1CCN(CCNC(=O)C#Cc2csc(-c3ccc4c5cc(CNC)ccc5n(CC)c4c3)c2)CC1. The highest BCUT2D eigenvalue weighted by Gasteiger charge is 2.25. The van der Waals surface area contributed by atoms with Crippen LogP contribution in [0.25, 0.3) is 32.2 Å². The van der Waals surface area contributed by atoms with Gasteiger partial charge in [0.05, 0.1) is 12.5 Å². The second-order valence-corrected chi connectivity index (χ2v) is 11.3. The van der Waals surface area contributed by atoms with Crippen molar-refractivity contribution in [2.45, 2.75) is 39.8 Å². The molecule has 0 bridgehead atoms. The van der Waals surface area contributed by atoms with Crippen LogP contribution in [0.2, 0.25) is 0 Å². The number of carbonyl (C=O) groups is 2. The van der Waals surface area contributed by atoms with Gasteiger partial charge < -0.3 is 24.8 Å². The molecule has 0 unspecified atom stereocenters. The van der Waals surface area contributed by atoms with Crippen LogP contribution in [0.5, 0.6) is 0 Å². The average Bonchev–Trinajstić information content (AvgIpc) is 3.59. The molecule has 2 aromatic carbocycles. The minimum atomic E-state index is -0.273. The van der Waals surface area contributed by atoms with E-state index in [4.69, 9.17) is 4.74 Å². The molecule has 1 aliphatic heterocycles. The summed E-state index contributed by atoms with van der Waals surface area (Å²) in [7, 11) is 1.97. The molecule has 41 heavy (non-hydrogen) atoms. The standard InChI is InChI=1S/C33H38N4O3S/c1-4-37-29-10-6-23(21-34-3)18-28(29)27-9-8-26(20-30(27)37)31-19-24(22-41-31)7-11-32(38)35-14-17-36-15-12-25(13-16-36)33(39)40-5-2/h6,8-10,18-20,22,25,34H,4-5,12-17,21H2,1-3H3,(H,35,38). The van der Waals surface area contributed by atoms with Crippen molar-refractivity contribution in [1.29, 1.82) is 0 Å². The Balaban J connectivity index is 1.19. The summed E-state index contributed by atoms with van der Waals surface area (Å²) in [5.41, 5.74) is 5.76. The summed E-state index contributed by atoms with van der Waals surface area (Å²) in [5.74, 6) is 5.40. The predicted molar refractivity (Wildman–Crippen MR) is 167 cm³/mol. The van der Waals surface area contributed by atoms with Gasteiger partial charge in [-0.1, -0.05) is 24.1 Å². The molecule has 3 heterocycles. The van der Waals surface area contributed by atoms with Crippen molar-refractivity contribution in [3.63, 3.8) is 0 Å². The van der Waals surface area contributed by atoms with Gasteiger partial charge in [-0.25, -0.2) is 0 Å². The lowest BCUT2D eigenvalue weighted by molar-refractivity contribution is -0.149. The number of fused-ring (bicyclic) bond motifs is 3. The number of nitrogens with one attached hydrogen (secondary N) is 2. The van der Waals surface area contributed by atoms with Crippen LogP contribution in [0.3, 0.4) is 0 Å². The van der Waals surface area contributed by atoms with E-state index in [0.29, 0.717) is 13.2 Å². The molecule has 2 N–H and O–H groups in total. The van der Waals surface area contributed by atoms with Crippen molar-refractivity contribution >= 4 is 45.0 Å². The number of rotatable bonds is 9. The highest BCUT2D eigenvalue weighted by atomic mass is 32.1. The number of nitrogens with zero attached hydrogens (tertiary/aromatic N) is 2. The van der Waals surface area contributed by atoms with E-state index >= 15 is 0 Å². The molecular formula is C33H38N4O3S. The first-order valence-electron chi connectivity index (χ1n) is 14.5. The van der Waals surface area contributed by atoms with Crippen LogP contribution in [0, 0.1) is 17.8 Å². The number of aromatic nitrogens is 1. The highest BCUT2D eigenvalue weighted by molar-refractivity contribution is 7.13. The minimum absolute atomic E-state index is 0.00243. The van der Waals surface area contributed by atoms with E-state index in [0.717, 1.165) is 61.6 Å². The first-order chi connectivity index (χ1) is 20.0. The second-order valence-electron chi connectivity index (χ2n) is 10.4. The highest BCUT2D eigenvalue weighted by Crippen LogP contribution is 2.35. The number of carbonyl (C=O) groups excluding carboxylic acids is 2. The first kappa shape index (κ1) is 28.9. The number of amides is 1. The Morgan fingerprint density at radius 1 is 1.05 bits per heavy atom. The topological polar surface area (TPSA) is 75.6 Å². The fourth-order valence-corrected chi connectivity index (χ4v) is 6.50. The zero-order chi connectivity index (χ0) is 28.8. The van der Waals surface area contributed by atoms with E-state index in [1.807, 2.05) is 19.4 Å². The normalized spacial score (nSPS) is 14.2. The smallest absolute Gasteiger partial charge is 0.309 e. The Morgan fingerprint density at radius 3 is 2.63 bits per heavy atom. The van der Waals surface area contributed by atoms with Crippen molar-refractivity contribution in [2.75, 3.05) is 39.8 Å². The third-order valence-electron chi connectivity index (χ3n) is 7.75. The number of hydrogen-bond donors (Lipinski definition) is 2. The van der Waals surface area contributed by atoms with Crippen molar-refractivity contribution in [2.24, 2.45) is 5.92 Å². The molecule has 0 atom stereocenters. The average molecular weight is 571 g/mol. The molecule has 0 spiro atoms. The number of hydrogen-bond acceptors (Lipinski definition) is 6. The maximum absolute atomic E-state index is 12.3. The van der Waals surface area contributed by atoms with Crippen molar-refractivity contribution in [1.82, 2.24) is 20.1 Å². The Bertz CT molecular complexity index is 1600. The molecule has 2 aromatic heterocycles. The summed E-state index contributed by atoms with van der Waals surface area (Å²) in [6, 6.07) is 15.4. The number of piperidine rings is 1. The maximum Gasteiger partial charge on any atom is 0.309 e. The van der Waals surface area contributed by atoms with E-state index in [1.165, 1.54) is 27.4 Å². The third kappa shape index (κ3) is 6.65. The maximum atomic E-state index is 12.3. The molecule has 0 saturated carbocycles. The molecule has 0 radical (unpaired) electrons. The van der Waals surface area contributed by atoms with Gasteiger partial charge in [0.25, 0.3) is 5.91 Å². The van der Waals surface area contributed by atoms with Crippen LogP contribution in [-0.4, -0.2) is 61.2 Å². The largest absolute Gasteiger partial charge is 0.466 e. The summed E-state index contributed by atoms with van der Waals surface area (Å²) in [6.07, 6.45) is 1.61. The van der Waals surface area contributed by atoms with Gasteiger partial charge in [0.1, 0.15) is 0 Å².